The monoisotopic (exact) mass is 287 g/mol. The first-order valence-corrected chi connectivity index (χ1v) is 8.36. The van der Waals surface area contributed by atoms with Gasteiger partial charge in [0, 0.05) is 16.7 Å². The molecule has 0 radical (unpaired) electrons. The Morgan fingerprint density at radius 3 is 3.05 bits per heavy atom. The molecular formula is C16H21N3S. The molecule has 1 aliphatic carbocycles. The predicted molar refractivity (Wildman–Crippen MR) is 85.1 cm³/mol. The van der Waals surface area contributed by atoms with Gasteiger partial charge in [0.05, 0.1) is 5.52 Å². The van der Waals surface area contributed by atoms with Crippen molar-refractivity contribution in [1.82, 2.24) is 15.3 Å². The third kappa shape index (κ3) is 2.96. The van der Waals surface area contributed by atoms with Crippen molar-refractivity contribution >= 4 is 22.7 Å². The van der Waals surface area contributed by atoms with E-state index in [1.807, 2.05) is 17.8 Å². The summed E-state index contributed by atoms with van der Waals surface area (Å²) < 4.78 is 0. The van der Waals surface area contributed by atoms with Crippen molar-refractivity contribution < 1.29 is 0 Å². The lowest BCUT2D eigenvalue weighted by Crippen LogP contribution is -2.34. The molecule has 0 bridgehead atoms. The highest BCUT2D eigenvalue weighted by Crippen LogP contribution is 2.36. The Hall–Kier alpha value is -1.13. The molecule has 1 aromatic carbocycles. The smallest absolute Gasteiger partial charge is 0.117 e. The van der Waals surface area contributed by atoms with E-state index in [0.29, 0.717) is 11.3 Å². The summed E-state index contributed by atoms with van der Waals surface area (Å²) >= 11 is 1.93. The average molecular weight is 287 g/mol. The number of hydrogen-bond donors (Lipinski definition) is 1. The number of para-hydroxylation sites is 1. The van der Waals surface area contributed by atoms with E-state index in [1.54, 1.807) is 6.33 Å². The van der Waals surface area contributed by atoms with Crippen molar-refractivity contribution in [3.63, 3.8) is 0 Å². The second kappa shape index (κ2) is 6.55. The first kappa shape index (κ1) is 13.8. The number of aromatic nitrogens is 2. The lowest BCUT2D eigenvalue weighted by Gasteiger charge is -2.20. The molecule has 1 saturated carbocycles. The lowest BCUT2D eigenvalue weighted by molar-refractivity contribution is 0.530. The summed E-state index contributed by atoms with van der Waals surface area (Å²) in [5, 5.41) is 6.64. The van der Waals surface area contributed by atoms with Crippen LogP contribution < -0.4 is 5.32 Å². The zero-order valence-corrected chi connectivity index (χ0v) is 12.7. The minimum atomic E-state index is 0.633. The highest BCUT2D eigenvalue weighted by atomic mass is 32.2. The van der Waals surface area contributed by atoms with Crippen molar-refractivity contribution in [3.05, 3.63) is 30.6 Å². The summed E-state index contributed by atoms with van der Waals surface area (Å²) in [6, 6.07) is 8.92. The van der Waals surface area contributed by atoms with Gasteiger partial charge in [-0.15, -0.1) is 11.8 Å². The van der Waals surface area contributed by atoms with Crippen molar-refractivity contribution in [1.29, 1.82) is 0 Å². The maximum atomic E-state index is 4.51. The number of rotatable bonds is 5. The Balaban J connectivity index is 1.78. The SMILES string of the molecule is CCCNC1CCCC1Sc1ncnc2ccccc12. The third-order valence-electron chi connectivity index (χ3n) is 3.88. The summed E-state index contributed by atoms with van der Waals surface area (Å²) in [4.78, 5) is 8.85. The van der Waals surface area contributed by atoms with E-state index in [4.69, 9.17) is 0 Å². The minimum Gasteiger partial charge on any atom is -0.313 e. The molecule has 1 N–H and O–H groups in total. The van der Waals surface area contributed by atoms with Crippen LogP contribution >= 0.6 is 11.8 Å². The molecule has 1 fully saturated rings. The molecular weight excluding hydrogens is 266 g/mol. The topological polar surface area (TPSA) is 37.8 Å². The van der Waals surface area contributed by atoms with E-state index in [0.717, 1.165) is 17.1 Å². The molecule has 1 heterocycles. The first-order chi connectivity index (χ1) is 9.88. The molecule has 0 aliphatic heterocycles. The van der Waals surface area contributed by atoms with Gasteiger partial charge in [0.15, 0.2) is 0 Å². The molecule has 2 unspecified atom stereocenters. The normalized spacial score (nSPS) is 22.4. The zero-order valence-electron chi connectivity index (χ0n) is 11.9. The Kier molecular flexibility index (Phi) is 4.53. The van der Waals surface area contributed by atoms with Gasteiger partial charge < -0.3 is 5.32 Å². The Bertz CT molecular complexity index is 567. The van der Waals surface area contributed by atoms with Gasteiger partial charge in [-0.1, -0.05) is 31.5 Å². The molecule has 4 heteroatoms. The molecule has 0 saturated heterocycles. The summed E-state index contributed by atoms with van der Waals surface area (Å²) in [5.41, 5.74) is 1.04. The van der Waals surface area contributed by atoms with Gasteiger partial charge in [0.1, 0.15) is 11.4 Å². The van der Waals surface area contributed by atoms with Gasteiger partial charge >= 0.3 is 0 Å². The number of thioether (sulfide) groups is 1. The third-order valence-corrected chi connectivity index (χ3v) is 5.29. The molecule has 3 rings (SSSR count). The van der Waals surface area contributed by atoms with Gasteiger partial charge in [0.25, 0.3) is 0 Å². The van der Waals surface area contributed by atoms with Gasteiger partial charge in [-0.25, -0.2) is 9.97 Å². The van der Waals surface area contributed by atoms with E-state index >= 15 is 0 Å². The van der Waals surface area contributed by atoms with Crippen LogP contribution in [0.5, 0.6) is 0 Å². The number of nitrogens with one attached hydrogen (secondary N) is 1. The minimum absolute atomic E-state index is 0.633. The van der Waals surface area contributed by atoms with Crippen LogP contribution in [0.25, 0.3) is 10.9 Å². The number of nitrogens with zero attached hydrogens (tertiary/aromatic N) is 2. The average Bonchev–Trinajstić information content (AvgIpc) is 2.93. The molecule has 106 valence electrons. The van der Waals surface area contributed by atoms with Crippen LogP contribution in [0, 0.1) is 0 Å². The largest absolute Gasteiger partial charge is 0.313 e. The molecule has 1 aromatic heterocycles. The molecule has 20 heavy (non-hydrogen) atoms. The fourth-order valence-corrected chi connectivity index (χ4v) is 4.22. The van der Waals surface area contributed by atoms with Crippen LogP contribution in [0.4, 0.5) is 0 Å². The Labute approximate surface area is 124 Å². The predicted octanol–water partition coefficient (Wildman–Crippen LogP) is 3.64. The van der Waals surface area contributed by atoms with E-state index in [1.165, 1.54) is 31.1 Å². The Morgan fingerprint density at radius 1 is 1.25 bits per heavy atom. The van der Waals surface area contributed by atoms with E-state index in [9.17, 15) is 0 Å². The molecule has 0 amide bonds. The van der Waals surface area contributed by atoms with Crippen LogP contribution in [0.15, 0.2) is 35.6 Å². The second-order valence-corrected chi connectivity index (χ2v) is 6.57. The van der Waals surface area contributed by atoms with Crippen molar-refractivity contribution in [2.75, 3.05) is 6.54 Å². The van der Waals surface area contributed by atoms with Crippen LogP contribution in [0.1, 0.15) is 32.6 Å². The molecule has 3 nitrogen and oxygen atoms in total. The van der Waals surface area contributed by atoms with Crippen LogP contribution in [-0.2, 0) is 0 Å². The maximum absolute atomic E-state index is 4.51. The second-order valence-electron chi connectivity index (χ2n) is 5.34. The number of benzene rings is 1. The van der Waals surface area contributed by atoms with Crippen molar-refractivity contribution in [2.45, 2.75) is 48.9 Å². The highest BCUT2D eigenvalue weighted by Gasteiger charge is 2.28. The summed E-state index contributed by atoms with van der Waals surface area (Å²) in [5.74, 6) is 0. The van der Waals surface area contributed by atoms with Crippen molar-refractivity contribution in [2.24, 2.45) is 0 Å². The van der Waals surface area contributed by atoms with Gasteiger partial charge in [0.2, 0.25) is 0 Å². The van der Waals surface area contributed by atoms with E-state index < -0.39 is 0 Å². The maximum Gasteiger partial charge on any atom is 0.117 e. The quantitative estimate of drug-likeness (QED) is 0.852. The zero-order chi connectivity index (χ0) is 13.8. The molecule has 0 spiro atoms. The molecule has 2 aromatic rings. The number of hydrogen-bond acceptors (Lipinski definition) is 4. The Morgan fingerprint density at radius 2 is 2.15 bits per heavy atom. The van der Waals surface area contributed by atoms with E-state index in [2.05, 4.69) is 40.4 Å². The highest BCUT2D eigenvalue weighted by molar-refractivity contribution is 8.00. The van der Waals surface area contributed by atoms with Crippen LogP contribution in [0.2, 0.25) is 0 Å². The fraction of sp³-hybridized carbons (Fsp3) is 0.500. The fourth-order valence-electron chi connectivity index (χ4n) is 2.85. The standard InChI is InChI=1S/C16H21N3S/c1-2-10-17-14-8-5-9-15(14)20-16-12-6-3-4-7-13(12)18-11-19-16/h3-4,6-7,11,14-15,17H,2,5,8-10H2,1H3. The number of fused-ring (bicyclic) bond motifs is 1. The van der Waals surface area contributed by atoms with Gasteiger partial charge in [-0.05, 0) is 31.9 Å². The lowest BCUT2D eigenvalue weighted by atomic mass is 10.2. The van der Waals surface area contributed by atoms with Gasteiger partial charge in [-0.2, -0.15) is 0 Å². The molecule has 1 aliphatic rings. The van der Waals surface area contributed by atoms with E-state index in [-0.39, 0.29) is 0 Å². The summed E-state index contributed by atoms with van der Waals surface area (Å²) in [6.07, 6.45) is 6.78. The summed E-state index contributed by atoms with van der Waals surface area (Å²) in [7, 11) is 0. The van der Waals surface area contributed by atoms with Crippen LogP contribution in [0.3, 0.4) is 0 Å². The first-order valence-electron chi connectivity index (χ1n) is 7.48. The van der Waals surface area contributed by atoms with Crippen LogP contribution in [-0.4, -0.2) is 27.8 Å². The summed E-state index contributed by atoms with van der Waals surface area (Å²) in [6.45, 7) is 3.34. The molecule has 2 atom stereocenters. The van der Waals surface area contributed by atoms with Gasteiger partial charge in [-0.3, -0.25) is 0 Å². The van der Waals surface area contributed by atoms with Crippen molar-refractivity contribution in [3.8, 4) is 0 Å².